The minimum absolute atomic E-state index is 0.0658. The van der Waals surface area contributed by atoms with E-state index in [1.807, 2.05) is 13.8 Å². The fraction of sp³-hybridized carbons (Fsp3) is 0.867. The lowest BCUT2D eigenvalue weighted by molar-refractivity contribution is -0.166. The molecule has 19 heavy (non-hydrogen) atoms. The third-order valence-corrected chi connectivity index (χ3v) is 5.85. The van der Waals surface area contributed by atoms with Crippen LogP contribution in [0.2, 0.25) is 0 Å². The number of ether oxygens (including phenoxy) is 1. The number of ketones is 1. The lowest BCUT2D eigenvalue weighted by Crippen LogP contribution is -2.56. The molecule has 1 aliphatic heterocycles. The molecule has 3 rings (SSSR count). The van der Waals surface area contributed by atoms with Crippen molar-refractivity contribution < 1.29 is 19.4 Å². The molecule has 0 spiro atoms. The third kappa shape index (κ3) is 1.69. The van der Waals surface area contributed by atoms with Crippen molar-refractivity contribution in [2.45, 2.75) is 52.2 Å². The van der Waals surface area contributed by atoms with Crippen molar-refractivity contribution in [3.05, 3.63) is 0 Å². The molecule has 3 fully saturated rings. The van der Waals surface area contributed by atoms with Crippen LogP contribution in [0.4, 0.5) is 0 Å². The maximum absolute atomic E-state index is 12.0. The summed E-state index contributed by atoms with van der Waals surface area (Å²) in [6, 6.07) is 0. The van der Waals surface area contributed by atoms with E-state index in [1.54, 1.807) is 0 Å². The third-order valence-electron chi connectivity index (χ3n) is 5.85. The predicted molar refractivity (Wildman–Crippen MR) is 68.2 cm³/mol. The van der Waals surface area contributed by atoms with Crippen LogP contribution in [0.3, 0.4) is 0 Å². The van der Waals surface area contributed by atoms with Crippen LogP contribution in [0.5, 0.6) is 0 Å². The van der Waals surface area contributed by atoms with Gasteiger partial charge in [0.25, 0.3) is 0 Å². The molecule has 1 saturated heterocycles. The van der Waals surface area contributed by atoms with E-state index in [0.717, 1.165) is 6.42 Å². The highest BCUT2D eigenvalue weighted by atomic mass is 16.6. The fourth-order valence-electron chi connectivity index (χ4n) is 4.77. The molecule has 3 aliphatic rings. The van der Waals surface area contributed by atoms with Gasteiger partial charge in [0.1, 0.15) is 11.9 Å². The molecule has 0 aromatic heterocycles. The second kappa shape index (κ2) is 4.05. The van der Waals surface area contributed by atoms with Crippen molar-refractivity contribution in [2.24, 2.45) is 29.1 Å². The zero-order valence-corrected chi connectivity index (χ0v) is 11.8. The molecule has 7 atom stereocenters. The maximum atomic E-state index is 12.0. The van der Waals surface area contributed by atoms with E-state index >= 15 is 0 Å². The Morgan fingerprint density at radius 1 is 1.26 bits per heavy atom. The molecular weight excluding hydrogens is 244 g/mol. The molecule has 0 aromatic carbocycles. The van der Waals surface area contributed by atoms with Crippen LogP contribution in [0.1, 0.15) is 40.0 Å². The van der Waals surface area contributed by atoms with Crippen molar-refractivity contribution in [1.29, 1.82) is 0 Å². The second-order valence-corrected chi connectivity index (χ2v) is 6.97. The van der Waals surface area contributed by atoms with Crippen LogP contribution in [-0.4, -0.2) is 29.1 Å². The van der Waals surface area contributed by atoms with E-state index in [-0.39, 0.29) is 46.9 Å². The van der Waals surface area contributed by atoms with Crippen molar-refractivity contribution >= 4 is 11.8 Å². The molecule has 0 unspecified atom stereocenters. The number of hydrogen-bond acceptors (Lipinski definition) is 4. The Labute approximate surface area is 113 Å². The van der Waals surface area contributed by atoms with Gasteiger partial charge in [-0.25, -0.2) is 0 Å². The van der Waals surface area contributed by atoms with E-state index in [2.05, 4.69) is 6.92 Å². The molecule has 106 valence electrons. The summed E-state index contributed by atoms with van der Waals surface area (Å²) in [6.45, 7) is 5.92. The molecule has 0 aromatic rings. The molecule has 0 amide bonds. The fourth-order valence-corrected chi connectivity index (χ4v) is 4.77. The van der Waals surface area contributed by atoms with Crippen molar-refractivity contribution in [3.8, 4) is 0 Å². The van der Waals surface area contributed by atoms with Crippen molar-refractivity contribution in [3.63, 3.8) is 0 Å². The summed E-state index contributed by atoms with van der Waals surface area (Å²) < 4.78 is 5.55. The van der Waals surface area contributed by atoms with E-state index in [4.69, 9.17) is 4.74 Å². The monoisotopic (exact) mass is 266 g/mol. The average Bonchev–Trinajstić information content (AvgIpc) is 2.61. The number of carbonyl (C=O) groups excluding carboxylic acids is 2. The number of rotatable bonds is 0. The standard InChI is InChI=1S/C15H22O4/c1-7-9(16)4-5-15(3)6-10(17)11-8(2)14(18)19-13(11)12(7)15/h7-8,10-13,17H,4-6H2,1-3H3/t7-,8-,10-,11+,12+,13-,15-/m0/s1. The molecule has 2 aliphatic carbocycles. The maximum Gasteiger partial charge on any atom is 0.309 e. The van der Waals surface area contributed by atoms with E-state index in [9.17, 15) is 14.7 Å². The highest BCUT2D eigenvalue weighted by Gasteiger charge is 2.61. The average molecular weight is 266 g/mol. The highest BCUT2D eigenvalue weighted by Crippen LogP contribution is 2.56. The summed E-state index contributed by atoms with van der Waals surface area (Å²) in [5.74, 6) is -0.350. The molecule has 0 bridgehead atoms. The van der Waals surface area contributed by atoms with E-state index < -0.39 is 6.10 Å². The summed E-state index contributed by atoms with van der Waals surface area (Å²) in [5.41, 5.74) is -0.0851. The molecule has 4 nitrogen and oxygen atoms in total. The minimum Gasteiger partial charge on any atom is -0.461 e. The normalized spacial score (nSPS) is 53.5. The van der Waals surface area contributed by atoms with Crippen LogP contribution >= 0.6 is 0 Å². The Kier molecular flexibility index (Phi) is 2.79. The quantitative estimate of drug-likeness (QED) is 0.676. The molecule has 0 radical (unpaired) electrons. The van der Waals surface area contributed by atoms with Crippen LogP contribution in [0, 0.1) is 29.1 Å². The number of carbonyl (C=O) groups is 2. The lowest BCUT2D eigenvalue weighted by atomic mass is 9.52. The van der Waals surface area contributed by atoms with Gasteiger partial charge in [0, 0.05) is 24.2 Å². The number of aliphatic hydroxyl groups excluding tert-OH is 1. The van der Waals surface area contributed by atoms with Crippen LogP contribution < -0.4 is 0 Å². The van der Waals surface area contributed by atoms with Gasteiger partial charge in [-0.3, -0.25) is 9.59 Å². The largest absolute Gasteiger partial charge is 0.461 e. The zero-order valence-electron chi connectivity index (χ0n) is 11.8. The molecule has 2 saturated carbocycles. The molecule has 1 heterocycles. The summed E-state index contributed by atoms with van der Waals surface area (Å²) in [7, 11) is 0. The smallest absolute Gasteiger partial charge is 0.309 e. The van der Waals surface area contributed by atoms with Gasteiger partial charge in [0.05, 0.1) is 12.0 Å². The van der Waals surface area contributed by atoms with Gasteiger partial charge in [-0.2, -0.15) is 0 Å². The second-order valence-electron chi connectivity index (χ2n) is 6.97. The highest BCUT2D eigenvalue weighted by molar-refractivity contribution is 5.82. The number of Topliss-reactive ketones (excluding diaryl/α,β-unsaturated/α-hetero) is 1. The van der Waals surface area contributed by atoms with Crippen LogP contribution in [0.25, 0.3) is 0 Å². The van der Waals surface area contributed by atoms with Gasteiger partial charge in [-0.1, -0.05) is 20.8 Å². The van der Waals surface area contributed by atoms with Gasteiger partial charge in [-0.15, -0.1) is 0 Å². The lowest BCUT2D eigenvalue weighted by Gasteiger charge is -2.53. The van der Waals surface area contributed by atoms with Gasteiger partial charge in [-0.05, 0) is 18.3 Å². The van der Waals surface area contributed by atoms with E-state index in [1.165, 1.54) is 0 Å². The SMILES string of the molecule is C[C@@H]1C(=O)O[C@H]2[C@H]1[C@@H](O)C[C@]1(C)CCC(=O)[C@H](C)[C@H]21. The first-order chi connectivity index (χ1) is 8.85. The minimum atomic E-state index is -0.492. The Morgan fingerprint density at radius 3 is 2.63 bits per heavy atom. The number of hydrogen-bond donors (Lipinski definition) is 1. The Balaban J connectivity index is 2.00. The zero-order chi connectivity index (χ0) is 13.9. The Morgan fingerprint density at radius 2 is 1.95 bits per heavy atom. The van der Waals surface area contributed by atoms with Crippen molar-refractivity contribution in [2.75, 3.05) is 0 Å². The molecule has 1 N–H and O–H groups in total. The van der Waals surface area contributed by atoms with Gasteiger partial charge in [0.2, 0.25) is 0 Å². The first-order valence-corrected chi connectivity index (χ1v) is 7.26. The van der Waals surface area contributed by atoms with Crippen molar-refractivity contribution in [1.82, 2.24) is 0 Å². The number of fused-ring (bicyclic) bond motifs is 3. The van der Waals surface area contributed by atoms with Gasteiger partial charge < -0.3 is 9.84 Å². The molecular formula is C15H22O4. The topological polar surface area (TPSA) is 63.6 Å². The summed E-state index contributed by atoms with van der Waals surface area (Å²) in [5, 5.41) is 10.4. The Hall–Kier alpha value is -0.900. The van der Waals surface area contributed by atoms with Gasteiger partial charge in [0.15, 0.2) is 0 Å². The summed E-state index contributed by atoms with van der Waals surface area (Å²) >= 11 is 0. The number of esters is 1. The first kappa shape index (κ1) is 13.1. The van der Waals surface area contributed by atoms with Crippen LogP contribution in [-0.2, 0) is 14.3 Å². The first-order valence-electron chi connectivity index (χ1n) is 7.26. The summed E-state index contributed by atoms with van der Waals surface area (Å²) in [4.78, 5) is 23.9. The predicted octanol–water partition coefficient (Wildman–Crippen LogP) is 1.55. The summed E-state index contributed by atoms with van der Waals surface area (Å²) in [6.07, 6.45) is 1.29. The number of aliphatic hydroxyl groups is 1. The van der Waals surface area contributed by atoms with Gasteiger partial charge >= 0.3 is 5.97 Å². The van der Waals surface area contributed by atoms with Crippen LogP contribution in [0.15, 0.2) is 0 Å². The molecule has 4 heteroatoms. The Bertz CT molecular complexity index is 432. The van der Waals surface area contributed by atoms with E-state index in [0.29, 0.717) is 12.8 Å².